The standard InChI is InChI=1S/C23H32N4O2/c1-18-5-2-3-6-20(18)16-26-12-9-19(10-13-26)15-27(17-21-7-4-14-29-21)23(28)22-8-11-24-25-22/h2-3,5-6,8,11,19,21H,4,7,9-10,12-17H2,1H3,(H,24,25)/t21-/m1/s1. The van der Waals surface area contributed by atoms with Crippen LogP contribution in [0.4, 0.5) is 0 Å². The summed E-state index contributed by atoms with van der Waals surface area (Å²) in [6.07, 6.45) is 6.20. The SMILES string of the molecule is Cc1ccccc1CN1CCC(CN(C[C@H]2CCCO2)C(=O)c2ccn[nH]2)CC1. The van der Waals surface area contributed by atoms with Gasteiger partial charge in [0.15, 0.2) is 0 Å². The van der Waals surface area contributed by atoms with E-state index < -0.39 is 0 Å². The van der Waals surface area contributed by atoms with Crippen molar-refractivity contribution in [2.24, 2.45) is 5.92 Å². The highest BCUT2D eigenvalue weighted by Crippen LogP contribution is 2.23. The minimum absolute atomic E-state index is 0.0420. The molecule has 6 heteroatoms. The molecule has 0 aliphatic carbocycles. The Morgan fingerprint density at radius 2 is 2.03 bits per heavy atom. The first kappa shape index (κ1) is 20.1. The molecule has 1 N–H and O–H groups in total. The van der Waals surface area contributed by atoms with Crippen LogP contribution in [0.1, 0.15) is 47.3 Å². The van der Waals surface area contributed by atoms with E-state index in [4.69, 9.17) is 4.74 Å². The molecule has 156 valence electrons. The summed E-state index contributed by atoms with van der Waals surface area (Å²) in [5, 5.41) is 6.78. The zero-order valence-electron chi connectivity index (χ0n) is 17.3. The Morgan fingerprint density at radius 3 is 2.72 bits per heavy atom. The van der Waals surface area contributed by atoms with Crippen LogP contribution in [0.25, 0.3) is 0 Å². The van der Waals surface area contributed by atoms with E-state index in [-0.39, 0.29) is 12.0 Å². The number of benzene rings is 1. The number of nitrogens with zero attached hydrogens (tertiary/aromatic N) is 3. The number of carbonyl (C=O) groups excluding carboxylic acids is 1. The number of aryl methyl sites for hydroxylation is 1. The van der Waals surface area contributed by atoms with Gasteiger partial charge in [-0.25, -0.2) is 0 Å². The lowest BCUT2D eigenvalue weighted by Gasteiger charge is -2.35. The molecule has 2 aromatic rings. The van der Waals surface area contributed by atoms with E-state index in [0.717, 1.165) is 58.5 Å². The van der Waals surface area contributed by atoms with Crippen molar-refractivity contribution in [3.8, 4) is 0 Å². The summed E-state index contributed by atoms with van der Waals surface area (Å²) < 4.78 is 5.81. The molecule has 1 aromatic heterocycles. The Hall–Kier alpha value is -2.18. The summed E-state index contributed by atoms with van der Waals surface area (Å²) in [7, 11) is 0. The van der Waals surface area contributed by atoms with Crippen LogP contribution in [0.15, 0.2) is 36.5 Å². The average molecular weight is 397 g/mol. The Bertz CT molecular complexity index is 778. The molecule has 2 aliphatic rings. The van der Waals surface area contributed by atoms with Crippen molar-refractivity contribution >= 4 is 5.91 Å². The van der Waals surface area contributed by atoms with E-state index >= 15 is 0 Å². The third kappa shape index (κ3) is 5.25. The van der Waals surface area contributed by atoms with E-state index in [1.165, 1.54) is 11.1 Å². The van der Waals surface area contributed by atoms with Crippen LogP contribution in [0.3, 0.4) is 0 Å². The summed E-state index contributed by atoms with van der Waals surface area (Å²) >= 11 is 0. The van der Waals surface area contributed by atoms with E-state index in [0.29, 0.717) is 18.2 Å². The quantitative estimate of drug-likeness (QED) is 0.780. The van der Waals surface area contributed by atoms with Gasteiger partial charge in [0.25, 0.3) is 5.91 Å². The summed E-state index contributed by atoms with van der Waals surface area (Å²) in [6.45, 7) is 7.68. The number of likely N-dealkylation sites (tertiary alicyclic amines) is 1. The molecule has 0 spiro atoms. The van der Waals surface area contributed by atoms with Crippen LogP contribution >= 0.6 is 0 Å². The first-order chi connectivity index (χ1) is 14.2. The topological polar surface area (TPSA) is 61.5 Å². The highest BCUT2D eigenvalue weighted by atomic mass is 16.5. The highest BCUT2D eigenvalue weighted by molar-refractivity contribution is 5.92. The number of aromatic amines is 1. The van der Waals surface area contributed by atoms with Crippen molar-refractivity contribution in [1.29, 1.82) is 0 Å². The minimum atomic E-state index is 0.0420. The molecule has 2 saturated heterocycles. The molecule has 1 amide bonds. The molecule has 1 atom stereocenters. The fourth-order valence-corrected chi connectivity index (χ4v) is 4.49. The van der Waals surface area contributed by atoms with Gasteiger partial charge in [0.2, 0.25) is 0 Å². The summed E-state index contributed by atoms with van der Waals surface area (Å²) in [5.74, 6) is 0.580. The zero-order valence-corrected chi connectivity index (χ0v) is 17.3. The Morgan fingerprint density at radius 1 is 1.21 bits per heavy atom. The largest absolute Gasteiger partial charge is 0.376 e. The number of amides is 1. The Kier molecular flexibility index (Phi) is 6.62. The van der Waals surface area contributed by atoms with Crippen LogP contribution in [0, 0.1) is 12.8 Å². The van der Waals surface area contributed by atoms with E-state index in [1.807, 2.05) is 4.90 Å². The molecule has 3 heterocycles. The van der Waals surface area contributed by atoms with Crippen molar-refractivity contribution in [2.75, 3.05) is 32.8 Å². The molecule has 2 fully saturated rings. The minimum Gasteiger partial charge on any atom is -0.376 e. The van der Waals surface area contributed by atoms with Gasteiger partial charge in [0.05, 0.1) is 6.10 Å². The van der Waals surface area contributed by atoms with Crippen LogP contribution in [-0.2, 0) is 11.3 Å². The number of carbonyl (C=O) groups is 1. The molecule has 0 unspecified atom stereocenters. The average Bonchev–Trinajstić information content (AvgIpc) is 3.44. The maximum Gasteiger partial charge on any atom is 0.271 e. The molecule has 6 nitrogen and oxygen atoms in total. The lowest BCUT2D eigenvalue weighted by atomic mass is 9.95. The van der Waals surface area contributed by atoms with E-state index in [1.54, 1.807) is 12.3 Å². The van der Waals surface area contributed by atoms with Crippen molar-refractivity contribution in [3.05, 3.63) is 53.3 Å². The van der Waals surface area contributed by atoms with Gasteiger partial charge in [-0.05, 0) is 68.8 Å². The Labute approximate surface area is 173 Å². The molecular weight excluding hydrogens is 364 g/mol. The predicted octanol–water partition coefficient (Wildman–Crippen LogP) is 3.25. The van der Waals surface area contributed by atoms with Crippen molar-refractivity contribution in [1.82, 2.24) is 20.0 Å². The first-order valence-electron chi connectivity index (χ1n) is 10.9. The van der Waals surface area contributed by atoms with Gasteiger partial charge in [-0.3, -0.25) is 14.8 Å². The number of H-pyrrole nitrogens is 1. The number of piperidine rings is 1. The second-order valence-corrected chi connectivity index (χ2v) is 8.46. The molecule has 0 radical (unpaired) electrons. The van der Waals surface area contributed by atoms with Crippen molar-refractivity contribution in [3.63, 3.8) is 0 Å². The molecule has 4 rings (SSSR count). The van der Waals surface area contributed by atoms with E-state index in [9.17, 15) is 4.79 Å². The molecule has 29 heavy (non-hydrogen) atoms. The van der Waals surface area contributed by atoms with Crippen molar-refractivity contribution in [2.45, 2.75) is 45.3 Å². The van der Waals surface area contributed by atoms with Crippen LogP contribution in [-0.4, -0.2) is 64.8 Å². The molecular formula is C23H32N4O2. The van der Waals surface area contributed by atoms with Gasteiger partial charge >= 0.3 is 0 Å². The van der Waals surface area contributed by atoms with Crippen molar-refractivity contribution < 1.29 is 9.53 Å². The molecule has 2 aliphatic heterocycles. The summed E-state index contributed by atoms with van der Waals surface area (Å²) in [5.41, 5.74) is 3.35. The third-order valence-corrected chi connectivity index (χ3v) is 6.31. The number of nitrogens with one attached hydrogen (secondary N) is 1. The lowest BCUT2D eigenvalue weighted by Crippen LogP contribution is -2.43. The molecule has 0 bridgehead atoms. The maximum absolute atomic E-state index is 13.0. The number of rotatable bonds is 7. The third-order valence-electron chi connectivity index (χ3n) is 6.31. The fraction of sp³-hybridized carbons (Fsp3) is 0.565. The second-order valence-electron chi connectivity index (χ2n) is 8.46. The van der Waals surface area contributed by atoms with Crippen LogP contribution in [0.2, 0.25) is 0 Å². The van der Waals surface area contributed by atoms with Gasteiger partial charge in [-0.1, -0.05) is 24.3 Å². The number of ether oxygens (including phenoxy) is 1. The number of aromatic nitrogens is 2. The summed E-state index contributed by atoms with van der Waals surface area (Å²) in [6, 6.07) is 10.4. The zero-order chi connectivity index (χ0) is 20.1. The van der Waals surface area contributed by atoms with Gasteiger partial charge in [-0.15, -0.1) is 0 Å². The number of hydrogen-bond acceptors (Lipinski definition) is 4. The fourth-order valence-electron chi connectivity index (χ4n) is 4.49. The summed E-state index contributed by atoms with van der Waals surface area (Å²) in [4.78, 5) is 17.5. The lowest BCUT2D eigenvalue weighted by molar-refractivity contribution is 0.0440. The van der Waals surface area contributed by atoms with Crippen LogP contribution < -0.4 is 0 Å². The van der Waals surface area contributed by atoms with Gasteiger partial charge < -0.3 is 9.64 Å². The molecule has 1 aromatic carbocycles. The normalized spacial score (nSPS) is 20.8. The second kappa shape index (κ2) is 9.55. The van der Waals surface area contributed by atoms with E-state index in [2.05, 4.69) is 46.3 Å². The van der Waals surface area contributed by atoms with Crippen LogP contribution in [0.5, 0.6) is 0 Å². The smallest absolute Gasteiger partial charge is 0.271 e. The highest BCUT2D eigenvalue weighted by Gasteiger charge is 2.28. The number of hydrogen-bond donors (Lipinski definition) is 1. The molecule has 0 saturated carbocycles. The van der Waals surface area contributed by atoms with Gasteiger partial charge in [0, 0.05) is 32.4 Å². The monoisotopic (exact) mass is 396 g/mol. The van der Waals surface area contributed by atoms with Gasteiger partial charge in [-0.2, -0.15) is 5.10 Å². The Balaban J connectivity index is 1.33. The predicted molar refractivity (Wildman–Crippen MR) is 113 cm³/mol. The first-order valence-corrected chi connectivity index (χ1v) is 10.9. The maximum atomic E-state index is 13.0. The van der Waals surface area contributed by atoms with Gasteiger partial charge in [0.1, 0.15) is 5.69 Å².